The third-order valence-corrected chi connectivity index (χ3v) is 4.89. The van der Waals surface area contributed by atoms with E-state index < -0.39 is 0 Å². The second-order valence-electron chi connectivity index (χ2n) is 6.86. The molecule has 0 saturated carbocycles. The molecule has 3 aromatic rings. The first-order valence-corrected chi connectivity index (χ1v) is 9.43. The number of rotatable bonds is 6. The highest BCUT2D eigenvalue weighted by atomic mass is 16.5. The van der Waals surface area contributed by atoms with Crippen molar-refractivity contribution in [1.29, 1.82) is 0 Å². The molecule has 8 nitrogen and oxygen atoms in total. The lowest BCUT2D eigenvalue weighted by Gasteiger charge is -2.29. The molecule has 0 aliphatic carbocycles. The number of para-hydroxylation sites is 1. The van der Waals surface area contributed by atoms with E-state index in [-0.39, 0.29) is 5.95 Å². The van der Waals surface area contributed by atoms with Gasteiger partial charge < -0.3 is 20.5 Å². The number of aromatic nitrogens is 3. The molecule has 0 bridgehead atoms. The van der Waals surface area contributed by atoms with Crippen LogP contribution in [0, 0.1) is 0 Å². The average Bonchev–Trinajstić information content (AvgIpc) is 2.73. The van der Waals surface area contributed by atoms with Crippen LogP contribution in [0.25, 0.3) is 0 Å². The Kier molecular flexibility index (Phi) is 5.44. The maximum Gasteiger partial charge on any atom is 0.232 e. The maximum absolute atomic E-state index is 5.91. The lowest BCUT2D eigenvalue weighted by Crippen LogP contribution is -2.31. The van der Waals surface area contributed by atoms with Crippen LogP contribution in [0.4, 0.5) is 17.6 Å². The van der Waals surface area contributed by atoms with Crippen LogP contribution in [0.2, 0.25) is 0 Å². The Morgan fingerprint density at radius 1 is 1.00 bits per heavy atom. The lowest BCUT2D eigenvalue weighted by molar-refractivity contribution is 0.238. The largest absolute Gasteiger partial charge is 0.493 e. The van der Waals surface area contributed by atoms with Gasteiger partial charge in [0, 0.05) is 18.8 Å². The number of methoxy groups -OCH3 is 2. The summed E-state index contributed by atoms with van der Waals surface area (Å²) in [5.41, 5.74) is 9.31. The van der Waals surface area contributed by atoms with E-state index in [0.717, 1.165) is 36.7 Å². The zero-order chi connectivity index (χ0) is 20.2. The van der Waals surface area contributed by atoms with Gasteiger partial charge in [0.15, 0.2) is 11.5 Å². The van der Waals surface area contributed by atoms with E-state index in [1.54, 1.807) is 14.2 Å². The summed E-state index contributed by atoms with van der Waals surface area (Å²) in [6, 6.07) is 13.9. The second kappa shape index (κ2) is 8.32. The van der Waals surface area contributed by atoms with E-state index in [4.69, 9.17) is 15.2 Å². The van der Waals surface area contributed by atoms with Crippen LogP contribution < -0.4 is 20.5 Å². The zero-order valence-electron chi connectivity index (χ0n) is 16.6. The fraction of sp³-hybridized carbons (Fsp3) is 0.286. The molecule has 0 atom stereocenters. The van der Waals surface area contributed by atoms with Gasteiger partial charge in [0.2, 0.25) is 11.9 Å². The smallest absolute Gasteiger partial charge is 0.232 e. The van der Waals surface area contributed by atoms with Crippen LogP contribution in [0.1, 0.15) is 17.0 Å². The fourth-order valence-corrected chi connectivity index (χ4v) is 3.49. The number of nitrogen functional groups attached to an aromatic ring is 1. The van der Waals surface area contributed by atoms with Crippen molar-refractivity contribution in [2.45, 2.75) is 19.5 Å². The highest BCUT2D eigenvalue weighted by molar-refractivity contribution is 5.53. The predicted octanol–water partition coefficient (Wildman–Crippen LogP) is 2.77. The fourth-order valence-electron chi connectivity index (χ4n) is 3.49. The van der Waals surface area contributed by atoms with E-state index in [1.807, 2.05) is 36.4 Å². The SMILES string of the molecule is COc1cc2c(cc1OC)CN(Cc1nc(N)nc(Nc3ccccc3)n1)CC2. The number of nitrogens with zero attached hydrogens (tertiary/aromatic N) is 4. The molecule has 0 saturated heterocycles. The lowest BCUT2D eigenvalue weighted by atomic mass is 9.99. The Morgan fingerprint density at radius 2 is 1.72 bits per heavy atom. The van der Waals surface area contributed by atoms with Crippen LogP contribution in [0.3, 0.4) is 0 Å². The molecule has 8 heteroatoms. The molecule has 1 aliphatic heterocycles. The van der Waals surface area contributed by atoms with Crippen LogP contribution in [-0.2, 0) is 19.5 Å². The van der Waals surface area contributed by atoms with E-state index in [1.165, 1.54) is 11.1 Å². The summed E-state index contributed by atoms with van der Waals surface area (Å²) in [6.45, 7) is 2.27. The van der Waals surface area contributed by atoms with Crippen LogP contribution >= 0.6 is 0 Å². The third-order valence-electron chi connectivity index (χ3n) is 4.89. The molecule has 0 amide bonds. The predicted molar refractivity (Wildman–Crippen MR) is 111 cm³/mol. The van der Waals surface area contributed by atoms with Gasteiger partial charge in [-0.3, -0.25) is 4.90 Å². The summed E-state index contributed by atoms with van der Waals surface area (Å²) < 4.78 is 10.9. The molecule has 2 aromatic carbocycles. The number of hydrogen-bond acceptors (Lipinski definition) is 8. The summed E-state index contributed by atoms with van der Waals surface area (Å²) >= 11 is 0. The third kappa shape index (κ3) is 4.38. The Balaban J connectivity index is 1.50. The van der Waals surface area contributed by atoms with Crippen molar-refractivity contribution >= 4 is 17.6 Å². The van der Waals surface area contributed by atoms with Gasteiger partial charge in [0.1, 0.15) is 5.82 Å². The molecule has 0 spiro atoms. The van der Waals surface area contributed by atoms with Gasteiger partial charge in [-0.1, -0.05) is 18.2 Å². The van der Waals surface area contributed by atoms with Crippen molar-refractivity contribution in [3.05, 3.63) is 59.4 Å². The maximum atomic E-state index is 5.91. The quantitative estimate of drug-likeness (QED) is 0.661. The summed E-state index contributed by atoms with van der Waals surface area (Å²) in [6.07, 6.45) is 0.922. The van der Waals surface area contributed by atoms with E-state index in [2.05, 4.69) is 31.2 Å². The first-order valence-electron chi connectivity index (χ1n) is 9.43. The Hall–Kier alpha value is -3.39. The highest BCUT2D eigenvalue weighted by Crippen LogP contribution is 2.33. The summed E-state index contributed by atoms with van der Waals surface area (Å²) in [4.78, 5) is 15.3. The molecule has 1 aliphatic rings. The first kappa shape index (κ1) is 18.9. The monoisotopic (exact) mass is 392 g/mol. The summed E-state index contributed by atoms with van der Waals surface area (Å²) in [5, 5.41) is 3.17. The molecule has 29 heavy (non-hydrogen) atoms. The molecular formula is C21H24N6O2. The molecule has 2 heterocycles. The Labute approximate surface area is 169 Å². The number of benzene rings is 2. The van der Waals surface area contributed by atoms with Crippen LogP contribution in [0.5, 0.6) is 11.5 Å². The van der Waals surface area contributed by atoms with Gasteiger partial charge in [0.25, 0.3) is 0 Å². The number of hydrogen-bond donors (Lipinski definition) is 2. The molecule has 1 aromatic heterocycles. The number of nitrogens with two attached hydrogens (primary N) is 1. The topological polar surface area (TPSA) is 98.4 Å². The van der Waals surface area contributed by atoms with Gasteiger partial charge in [-0.05, 0) is 41.8 Å². The molecule has 0 radical (unpaired) electrons. The number of anilines is 3. The van der Waals surface area contributed by atoms with Gasteiger partial charge in [-0.15, -0.1) is 0 Å². The Morgan fingerprint density at radius 3 is 2.45 bits per heavy atom. The van der Waals surface area contributed by atoms with Gasteiger partial charge in [-0.2, -0.15) is 15.0 Å². The van der Waals surface area contributed by atoms with E-state index in [0.29, 0.717) is 18.3 Å². The van der Waals surface area contributed by atoms with Crippen molar-refractivity contribution < 1.29 is 9.47 Å². The van der Waals surface area contributed by atoms with Crippen molar-refractivity contribution in [3.63, 3.8) is 0 Å². The standard InChI is InChI=1S/C21H24N6O2/c1-28-17-10-14-8-9-27(12-15(14)11-18(17)29-2)13-19-24-20(22)26-21(25-19)23-16-6-4-3-5-7-16/h3-7,10-11H,8-9,12-13H2,1-2H3,(H3,22,23,24,25,26). The first-order chi connectivity index (χ1) is 14.1. The molecule has 3 N–H and O–H groups in total. The van der Waals surface area contributed by atoms with Crippen LogP contribution in [-0.4, -0.2) is 40.6 Å². The number of fused-ring (bicyclic) bond motifs is 1. The second-order valence-corrected chi connectivity index (χ2v) is 6.86. The summed E-state index contributed by atoms with van der Waals surface area (Å²) in [7, 11) is 3.31. The molecule has 0 unspecified atom stereocenters. The van der Waals surface area contributed by atoms with Crippen molar-refractivity contribution in [2.75, 3.05) is 31.8 Å². The molecule has 0 fully saturated rings. The Bertz CT molecular complexity index is 996. The molecule has 4 rings (SSSR count). The van der Waals surface area contributed by atoms with Gasteiger partial charge in [0.05, 0.1) is 20.8 Å². The summed E-state index contributed by atoms with van der Waals surface area (Å²) in [5.74, 6) is 2.80. The van der Waals surface area contributed by atoms with E-state index in [9.17, 15) is 0 Å². The van der Waals surface area contributed by atoms with E-state index >= 15 is 0 Å². The van der Waals surface area contributed by atoms with Crippen molar-refractivity contribution in [3.8, 4) is 11.5 Å². The molecular weight excluding hydrogens is 368 g/mol. The number of ether oxygens (including phenoxy) is 2. The van der Waals surface area contributed by atoms with Crippen molar-refractivity contribution in [1.82, 2.24) is 19.9 Å². The van der Waals surface area contributed by atoms with Gasteiger partial charge >= 0.3 is 0 Å². The van der Waals surface area contributed by atoms with Gasteiger partial charge in [-0.25, -0.2) is 0 Å². The van der Waals surface area contributed by atoms with Crippen LogP contribution in [0.15, 0.2) is 42.5 Å². The number of nitrogens with one attached hydrogen (secondary N) is 1. The minimum absolute atomic E-state index is 0.206. The zero-order valence-corrected chi connectivity index (χ0v) is 16.6. The highest BCUT2D eigenvalue weighted by Gasteiger charge is 2.20. The molecule has 150 valence electrons. The average molecular weight is 392 g/mol. The normalized spacial score (nSPS) is 13.6. The minimum atomic E-state index is 0.206. The van der Waals surface area contributed by atoms with Crippen molar-refractivity contribution in [2.24, 2.45) is 0 Å². The minimum Gasteiger partial charge on any atom is -0.493 e.